The molecule has 2 rings (SSSR count). The Morgan fingerprint density at radius 2 is 2.12 bits per heavy atom. The van der Waals surface area contributed by atoms with Crippen LogP contribution in [0.2, 0.25) is 0 Å². The summed E-state index contributed by atoms with van der Waals surface area (Å²) >= 11 is 0. The molecule has 0 saturated heterocycles. The summed E-state index contributed by atoms with van der Waals surface area (Å²) in [6.45, 7) is 0. The van der Waals surface area contributed by atoms with Gasteiger partial charge in [0.2, 0.25) is 5.95 Å². The van der Waals surface area contributed by atoms with Crippen molar-refractivity contribution in [3.63, 3.8) is 0 Å². The lowest BCUT2D eigenvalue weighted by Crippen LogP contribution is -2.15. The van der Waals surface area contributed by atoms with Gasteiger partial charge in [0.15, 0.2) is 0 Å². The quantitative estimate of drug-likeness (QED) is 0.750. The Hall–Kier alpha value is -2.57. The van der Waals surface area contributed by atoms with Crippen LogP contribution in [0.4, 0.5) is 16.0 Å². The molecule has 17 heavy (non-hydrogen) atoms. The van der Waals surface area contributed by atoms with Crippen molar-refractivity contribution < 1.29 is 9.18 Å². The summed E-state index contributed by atoms with van der Waals surface area (Å²) in [5.41, 5.74) is 5.69. The van der Waals surface area contributed by atoms with Gasteiger partial charge in [0, 0.05) is 11.3 Å². The predicted octanol–water partition coefficient (Wildman–Crippen LogP) is 0.845. The zero-order valence-electron chi connectivity index (χ0n) is 8.59. The molecule has 0 aliphatic heterocycles. The average molecular weight is 233 g/mol. The van der Waals surface area contributed by atoms with E-state index in [0.29, 0.717) is 0 Å². The second-order valence-corrected chi connectivity index (χ2v) is 3.19. The molecule has 7 heteroatoms. The van der Waals surface area contributed by atoms with E-state index in [-0.39, 0.29) is 17.2 Å². The van der Waals surface area contributed by atoms with Crippen LogP contribution in [-0.2, 0) is 0 Å². The van der Waals surface area contributed by atoms with Crippen molar-refractivity contribution in [2.24, 2.45) is 0 Å². The summed E-state index contributed by atoms with van der Waals surface area (Å²) in [6.07, 6.45) is 2.75. The van der Waals surface area contributed by atoms with E-state index in [1.54, 1.807) is 0 Å². The van der Waals surface area contributed by atoms with Crippen LogP contribution in [0.5, 0.6) is 0 Å². The number of amides is 1. The molecular weight excluding hydrogens is 225 g/mol. The van der Waals surface area contributed by atoms with E-state index in [2.05, 4.69) is 20.5 Å². The first-order chi connectivity index (χ1) is 8.15. The predicted molar refractivity (Wildman–Crippen MR) is 58.6 cm³/mol. The molecule has 1 heterocycles. The highest BCUT2D eigenvalue weighted by molar-refractivity contribution is 6.03. The second kappa shape index (κ2) is 4.52. The summed E-state index contributed by atoms with van der Waals surface area (Å²) in [5, 5.41) is 9.48. The fraction of sp³-hybridized carbons (Fsp3) is 0. The van der Waals surface area contributed by atoms with Crippen molar-refractivity contribution in [3.05, 3.63) is 42.0 Å². The molecule has 0 radical (unpaired) electrons. The third-order valence-corrected chi connectivity index (χ3v) is 1.89. The van der Waals surface area contributed by atoms with Gasteiger partial charge in [-0.3, -0.25) is 10.1 Å². The van der Waals surface area contributed by atoms with Crippen LogP contribution in [-0.4, -0.2) is 21.1 Å². The number of anilines is 2. The number of benzene rings is 1. The highest BCUT2D eigenvalue weighted by Gasteiger charge is 2.09. The zero-order valence-corrected chi connectivity index (χ0v) is 8.59. The number of aromatic nitrogens is 3. The molecule has 0 fully saturated rings. The van der Waals surface area contributed by atoms with Gasteiger partial charge in [0.1, 0.15) is 5.82 Å². The monoisotopic (exact) mass is 233 g/mol. The zero-order chi connectivity index (χ0) is 12.3. The van der Waals surface area contributed by atoms with Gasteiger partial charge in [-0.2, -0.15) is 5.10 Å². The first kappa shape index (κ1) is 10.9. The minimum atomic E-state index is -0.581. The molecule has 0 aliphatic carbocycles. The average Bonchev–Trinajstić information content (AvgIpc) is 2.29. The van der Waals surface area contributed by atoms with E-state index >= 15 is 0 Å². The van der Waals surface area contributed by atoms with E-state index in [1.165, 1.54) is 18.5 Å². The van der Waals surface area contributed by atoms with Crippen molar-refractivity contribution >= 4 is 17.5 Å². The van der Waals surface area contributed by atoms with Crippen molar-refractivity contribution in [3.8, 4) is 0 Å². The van der Waals surface area contributed by atoms with E-state index in [0.717, 1.165) is 12.1 Å². The highest BCUT2D eigenvalue weighted by atomic mass is 19.1. The maximum Gasteiger partial charge on any atom is 0.258 e. The van der Waals surface area contributed by atoms with Crippen LogP contribution in [0.3, 0.4) is 0 Å². The molecule has 0 atom stereocenters. The van der Waals surface area contributed by atoms with Gasteiger partial charge in [-0.05, 0) is 18.2 Å². The molecule has 0 unspecified atom stereocenters. The number of nitrogens with one attached hydrogen (secondary N) is 1. The summed E-state index contributed by atoms with van der Waals surface area (Å²) in [7, 11) is 0. The molecule has 1 aromatic carbocycles. The van der Waals surface area contributed by atoms with Crippen LogP contribution in [0.1, 0.15) is 10.4 Å². The molecule has 0 aliphatic rings. The summed E-state index contributed by atoms with van der Waals surface area (Å²) in [5.74, 6) is -1.09. The lowest BCUT2D eigenvalue weighted by Gasteiger charge is -2.03. The molecule has 1 amide bonds. The third kappa shape index (κ3) is 2.71. The first-order valence-electron chi connectivity index (χ1n) is 4.66. The van der Waals surface area contributed by atoms with Crippen molar-refractivity contribution in [1.29, 1.82) is 0 Å². The summed E-state index contributed by atoms with van der Waals surface area (Å²) < 4.78 is 13.0. The highest BCUT2D eigenvalue weighted by Crippen LogP contribution is 2.11. The Morgan fingerprint density at radius 3 is 2.76 bits per heavy atom. The maximum absolute atomic E-state index is 13.0. The molecule has 3 N–H and O–H groups in total. The molecule has 1 aromatic heterocycles. The van der Waals surface area contributed by atoms with Crippen LogP contribution < -0.4 is 11.1 Å². The Kier molecular flexibility index (Phi) is 2.91. The van der Waals surface area contributed by atoms with Gasteiger partial charge in [-0.1, -0.05) is 0 Å². The Bertz CT molecular complexity index is 525. The van der Waals surface area contributed by atoms with Crippen molar-refractivity contribution in [1.82, 2.24) is 15.2 Å². The Balaban J connectivity index is 2.20. The Labute approximate surface area is 95.7 Å². The molecule has 6 nitrogen and oxygen atoms in total. The van der Waals surface area contributed by atoms with Crippen LogP contribution in [0.25, 0.3) is 0 Å². The number of rotatable bonds is 2. The van der Waals surface area contributed by atoms with Crippen molar-refractivity contribution in [2.45, 2.75) is 0 Å². The second-order valence-electron chi connectivity index (χ2n) is 3.19. The van der Waals surface area contributed by atoms with Gasteiger partial charge in [-0.25, -0.2) is 9.37 Å². The summed E-state index contributed by atoms with van der Waals surface area (Å²) in [6, 6.07) is 3.55. The number of nitrogen functional groups attached to an aromatic ring is 1. The van der Waals surface area contributed by atoms with Gasteiger partial charge in [0.25, 0.3) is 5.91 Å². The van der Waals surface area contributed by atoms with Crippen LogP contribution in [0.15, 0.2) is 30.6 Å². The fourth-order valence-electron chi connectivity index (χ4n) is 1.22. The number of hydrogen-bond acceptors (Lipinski definition) is 5. The molecule has 2 aromatic rings. The van der Waals surface area contributed by atoms with E-state index in [4.69, 9.17) is 5.73 Å². The number of halogens is 1. The topological polar surface area (TPSA) is 93.8 Å². The normalized spacial score (nSPS) is 9.94. The molecular formula is C10H8FN5O. The third-order valence-electron chi connectivity index (χ3n) is 1.89. The summed E-state index contributed by atoms with van der Waals surface area (Å²) in [4.78, 5) is 15.4. The maximum atomic E-state index is 13.0. The SMILES string of the molecule is Nc1cc(F)cc(C(=O)Nc2nccnn2)c1. The lowest BCUT2D eigenvalue weighted by molar-refractivity contribution is 0.102. The van der Waals surface area contributed by atoms with Crippen LogP contribution >= 0.6 is 0 Å². The van der Waals surface area contributed by atoms with Gasteiger partial charge < -0.3 is 5.73 Å². The molecule has 86 valence electrons. The fourth-order valence-corrected chi connectivity index (χ4v) is 1.22. The minimum absolute atomic E-state index is 0.0420. The number of nitrogens with zero attached hydrogens (tertiary/aromatic N) is 3. The number of hydrogen-bond donors (Lipinski definition) is 2. The minimum Gasteiger partial charge on any atom is -0.399 e. The molecule has 0 saturated carbocycles. The van der Waals surface area contributed by atoms with E-state index in [1.807, 2.05) is 0 Å². The molecule has 0 spiro atoms. The lowest BCUT2D eigenvalue weighted by atomic mass is 10.2. The van der Waals surface area contributed by atoms with E-state index in [9.17, 15) is 9.18 Å². The van der Waals surface area contributed by atoms with Crippen molar-refractivity contribution in [2.75, 3.05) is 11.1 Å². The van der Waals surface area contributed by atoms with Gasteiger partial charge in [0.05, 0.1) is 12.4 Å². The molecule has 0 bridgehead atoms. The van der Waals surface area contributed by atoms with Gasteiger partial charge >= 0.3 is 0 Å². The Morgan fingerprint density at radius 1 is 1.29 bits per heavy atom. The number of carbonyl (C=O) groups is 1. The van der Waals surface area contributed by atoms with E-state index < -0.39 is 11.7 Å². The smallest absolute Gasteiger partial charge is 0.258 e. The standard InChI is InChI=1S/C10H8FN5O/c11-7-3-6(4-8(12)5-7)9(17)15-10-13-1-2-14-16-10/h1-5H,12H2,(H,13,15,16,17). The number of carbonyl (C=O) groups excluding carboxylic acids is 1. The number of nitrogens with two attached hydrogens (primary N) is 1. The first-order valence-corrected chi connectivity index (χ1v) is 4.66. The largest absolute Gasteiger partial charge is 0.399 e. The van der Waals surface area contributed by atoms with Crippen LogP contribution in [0, 0.1) is 5.82 Å². The van der Waals surface area contributed by atoms with Gasteiger partial charge in [-0.15, -0.1) is 5.10 Å².